The van der Waals surface area contributed by atoms with Crippen molar-refractivity contribution in [1.82, 2.24) is 0 Å². The van der Waals surface area contributed by atoms with Crippen molar-refractivity contribution in [2.24, 2.45) is 0 Å². The SMILES string of the molecule is COP(=S)(OC)Oc1ccc2ccccc2c1. The zero-order chi connectivity index (χ0) is 12.3. The predicted octanol–water partition coefficient (Wildman–Crippen LogP) is 3.74. The van der Waals surface area contributed by atoms with Crippen LogP contribution in [0.4, 0.5) is 0 Å². The first kappa shape index (κ1) is 12.5. The molecule has 5 heteroatoms. The van der Waals surface area contributed by atoms with Crippen LogP contribution in [-0.4, -0.2) is 14.2 Å². The molecule has 17 heavy (non-hydrogen) atoms. The van der Waals surface area contributed by atoms with Gasteiger partial charge in [-0.05, 0) is 22.9 Å². The zero-order valence-corrected chi connectivity index (χ0v) is 11.3. The van der Waals surface area contributed by atoms with Crippen LogP contribution < -0.4 is 4.52 Å². The minimum atomic E-state index is -2.65. The van der Waals surface area contributed by atoms with Crippen LogP contribution in [0, 0.1) is 0 Å². The second kappa shape index (κ2) is 5.15. The van der Waals surface area contributed by atoms with E-state index in [0.717, 1.165) is 10.8 Å². The molecule has 0 N–H and O–H groups in total. The summed E-state index contributed by atoms with van der Waals surface area (Å²) < 4.78 is 15.8. The predicted molar refractivity (Wildman–Crippen MR) is 72.9 cm³/mol. The van der Waals surface area contributed by atoms with E-state index in [4.69, 9.17) is 25.4 Å². The van der Waals surface area contributed by atoms with Gasteiger partial charge in [-0.2, -0.15) is 0 Å². The molecule has 3 nitrogen and oxygen atoms in total. The molecule has 0 amide bonds. The van der Waals surface area contributed by atoms with E-state index in [1.165, 1.54) is 14.2 Å². The number of hydrogen-bond acceptors (Lipinski definition) is 4. The fraction of sp³-hybridized carbons (Fsp3) is 0.167. The molecule has 2 rings (SSSR count). The van der Waals surface area contributed by atoms with Crippen LogP contribution in [0.3, 0.4) is 0 Å². The molecule has 0 bridgehead atoms. The molecule has 0 aliphatic rings. The molecular formula is C12H13O3PS. The third-order valence-electron chi connectivity index (χ3n) is 2.39. The van der Waals surface area contributed by atoms with Gasteiger partial charge < -0.3 is 13.6 Å². The number of fused-ring (bicyclic) bond motifs is 1. The summed E-state index contributed by atoms with van der Waals surface area (Å²) in [6.45, 7) is -2.65. The summed E-state index contributed by atoms with van der Waals surface area (Å²) in [6, 6.07) is 13.8. The van der Waals surface area contributed by atoms with Crippen molar-refractivity contribution in [3.05, 3.63) is 42.5 Å². The molecule has 90 valence electrons. The lowest BCUT2D eigenvalue weighted by Crippen LogP contribution is -1.96. The van der Waals surface area contributed by atoms with Gasteiger partial charge in [-0.25, -0.2) is 0 Å². The van der Waals surface area contributed by atoms with Crippen molar-refractivity contribution in [3.8, 4) is 5.75 Å². The minimum Gasteiger partial charge on any atom is -0.424 e. The van der Waals surface area contributed by atoms with Crippen molar-refractivity contribution in [3.63, 3.8) is 0 Å². The average molecular weight is 268 g/mol. The van der Waals surface area contributed by atoms with E-state index < -0.39 is 6.72 Å². The molecule has 0 spiro atoms. The third kappa shape index (κ3) is 2.85. The zero-order valence-electron chi connectivity index (χ0n) is 9.62. The van der Waals surface area contributed by atoms with Crippen LogP contribution in [0.25, 0.3) is 10.8 Å². The topological polar surface area (TPSA) is 27.7 Å². The van der Waals surface area contributed by atoms with Crippen LogP contribution in [-0.2, 0) is 20.9 Å². The first-order valence-corrected chi connectivity index (χ1v) is 7.62. The maximum Gasteiger partial charge on any atom is 0.380 e. The molecule has 0 aliphatic heterocycles. The van der Waals surface area contributed by atoms with Gasteiger partial charge in [0.25, 0.3) is 0 Å². The molecular weight excluding hydrogens is 255 g/mol. The van der Waals surface area contributed by atoms with Gasteiger partial charge in [0.15, 0.2) is 0 Å². The number of rotatable bonds is 4. The summed E-state index contributed by atoms with van der Waals surface area (Å²) in [4.78, 5) is 0. The van der Waals surface area contributed by atoms with Crippen molar-refractivity contribution in [2.75, 3.05) is 14.2 Å². The van der Waals surface area contributed by atoms with Gasteiger partial charge in [-0.15, -0.1) is 0 Å². The lowest BCUT2D eigenvalue weighted by atomic mass is 10.1. The average Bonchev–Trinajstić information content (AvgIpc) is 2.38. The fourth-order valence-corrected chi connectivity index (χ4v) is 2.43. The van der Waals surface area contributed by atoms with Crippen molar-refractivity contribution in [2.45, 2.75) is 0 Å². The summed E-state index contributed by atoms with van der Waals surface area (Å²) in [5.41, 5.74) is 0. The molecule has 0 atom stereocenters. The van der Waals surface area contributed by atoms with Crippen molar-refractivity contribution >= 4 is 29.3 Å². The molecule has 0 saturated heterocycles. The summed E-state index contributed by atoms with van der Waals surface area (Å²) in [7, 11) is 2.98. The molecule has 0 aromatic heterocycles. The van der Waals surface area contributed by atoms with E-state index in [0.29, 0.717) is 5.75 Å². The largest absolute Gasteiger partial charge is 0.424 e. The summed E-state index contributed by atoms with van der Waals surface area (Å²) in [6.07, 6.45) is 0. The highest BCUT2D eigenvalue weighted by molar-refractivity contribution is 8.07. The molecule has 0 unspecified atom stereocenters. The van der Waals surface area contributed by atoms with Gasteiger partial charge in [-0.1, -0.05) is 30.3 Å². The summed E-state index contributed by atoms with van der Waals surface area (Å²) >= 11 is 5.15. The number of hydrogen-bond donors (Lipinski definition) is 0. The Bertz CT molecular complexity index is 562. The third-order valence-corrected chi connectivity index (χ3v) is 4.83. The van der Waals surface area contributed by atoms with E-state index in [1.807, 2.05) is 42.5 Å². The van der Waals surface area contributed by atoms with E-state index >= 15 is 0 Å². The van der Waals surface area contributed by atoms with Crippen LogP contribution in [0.5, 0.6) is 5.75 Å². The molecule has 2 aromatic carbocycles. The molecule has 0 aliphatic carbocycles. The Hall–Kier alpha value is -0.930. The van der Waals surface area contributed by atoms with Gasteiger partial charge in [0.2, 0.25) is 0 Å². The highest BCUT2D eigenvalue weighted by Gasteiger charge is 2.18. The van der Waals surface area contributed by atoms with Crippen LogP contribution in [0.15, 0.2) is 42.5 Å². The van der Waals surface area contributed by atoms with E-state index in [9.17, 15) is 0 Å². The van der Waals surface area contributed by atoms with Crippen LogP contribution in [0.2, 0.25) is 0 Å². The normalized spacial score (nSPS) is 11.6. The first-order valence-electron chi connectivity index (χ1n) is 5.07. The molecule has 0 fully saturated rings. The highest BCUT2D eigenvalue weighted by Crippen LogP contribution is 2.48. The first-order chi connectivity index (χ1) is 8.17. The Morgan fingerprint density at radius 1 is 0.941 bits per heavy atom. The van der Waals surface area contributed by atoms with Crippen molar-refractivity contribution < 1.29 is 13.6 Å². The van der Waals surface area contributed by atoms with E-state index in [2.05, 4.69) is 0 Å². The Balaban J connectivity index is 2.34. The Morgan fingerprint density at radius 2 is 1.59 bits per heavy atom. The lowest BCUT2D eigenvalue weighted by molar-refractivity contribution is 0.273. The molecule has 0 heterocycles. The monoisotopic (exact) mass is 268 g/mol. The number of benzene rings is 2. The maximum absolute atomic E-state index is 5.59. The van der Waals surface area contributed by atoms with Gasteiger partial charge in [-0.3, -0.25) is 0 Å². The second-order valence-corrected chi connectivity index (χ2v) is 6.56. The summed E-state index contributed by atoms with van der Waals surface area (Å²) in [5.74, 6) is 0.663. The maximum atomic E-state index is 5.59. The molecule has 0 saturated carbocycles. The summed E-state index contributed by atoms with van der Waals surface area (Å²) in [5, 5.41) is 2.25. The van der Waals surface area contributed by atoms with Gasteiger partial charge in [0, 0.05) is 26.0 Å². The lowest BCUT2D eigenvalue weighted by Gasteiger charge is -2.18. The fourth-order valence-electron chi connectivity index (χ4n) is 1.50. The quantitative estimate of drug-likeness (QED) is 0.790. The van der Waals surface area contributed by atoms with E-state index in [1.54, 1.807) is 0 Å². The Morgan fingerprint density at radius 3 is 2.24 bits per heavy atom. The van der Waals surface area contributed by atoms with Crippen LogP contribution in [0.1, 0.15) is 0 Å². The van der Waals surface area contributed by atoms with Gasteiger partial charge in [0.1, 0.15) is 5.75 Å². The van der Waals surface area contributed by atoms with E-state index in [-0.39, 0.29) is 0 Å². The second-order valence-electron chi connectivity index (χ2n) is 3.41. The molecule has 0 radical (unpaired) electrons. The van der Waals surface area contributed by atoms with Crippen LogP contribution >= 0.6 is 6.72 Å². The van der Waals surface area contributed by atoms with Gasteiger partial charge >= 0.3 is 6.72 Å². The Kier molecular flexibility index (Phi) is 3.79. The van der Waals surface area contributed by atoms with Gasteiger partial charge in [0.05, 0.1) is 0 Å². The Labute approximate surface area is 106 Å². The standard InChI is InChI=1S/C12H13O3PS/c1-13-16(17,14-2)15-12-8-7-10-5-3-4-6-11(10)9-12/h3-9H,1-2H3. The highest BCUT2D eigenvalue weighted by atomic mass is 32.5. The van der Waals surface area contributed by atoms with Crippen molar-refractivity contribution in [1.29, 1.82) is 0 Å². The smallest absolute Gasteiger partial charge is 0.380 e. The molecule has 2 aromatic rings. The minimum absolute atomic E-state index is 0.663.